The van der Waals surface area contributed by atoms with Crippen molar-refractivity contribution in [2.45, 2.75) is 13.0 Å². The molecule has 0 atom stereocenters. The third-order valence-corrected chi connectivity index (χ3v) is 4.27. The van der Waals surface area contributed by atoms with Crippen LogP contribution in [0.1, 0.15) is 11.1 Å². The summed E-state index contributed by atoms with van der Waals surface area (Å²) in [7, 11) is 0. The van der Waals surface area contributed by atoms with Crippen LogP contribution in [0.5, 0.6) is 0 Å². The second-order valence-corrected chi connectivity index (χ2v) is 5.93. The summed E-state index contributed by atoms with van der Waals surface area (Å²) in [6, 6.07) is 9.04. The number of carbonyl (C=O) groups excluding carboxylic acids is 1. The fourth-order valence-corrected chi connectivity index (χ4v) is 2.96. The van der Waals surface area contributed by atoms with Crippen LogP contribution < -0.4 is 5.69 Å². The normalized spacial score (nSPS) is 13.5. The fourth-order valence-electron chi connectivity index (χ4n) is 2.96. The minimum absolute atomic E-state index is 0.175. The smallest absolute Gasteiger partial charge is 0.318 e. The maximum Gasteiger partial charge on any atom is 0.377 e. The highest BCUT2D eigenvalue weighted by Crippen LogP contribution is 2.20. The molecular formula is C17H13F2N5O2. The van der Waals surface area contributed by atoms with E-state index in [4.69, 9.17) is 0 Å². The lowest BCUT2D eigenvalue weighted by Gasteiger charge is -2.27. The van der Waals surface area contributed by atoms with Crippen molar-refractivity contribution in [3.63, 3.8) is 0 Å². The summed E-state index contributed by atoms with van der Waals surface area (Å²) in [5.41, 5.74) is 1.04. The number of benzene rings is 2. The lowest BCUT2D eigenvalue weighted by molar-refractivity contribution is 0.189. The number of hydrogen-bond donors (Lipinski definition) is 0. The van der Waals surface area contributed by atoms with Gasteiger partial charge in [-0.25, -0.2) is 18.4 Å². The van der Waals surface area contributed by atoms with Crippen LogP contribution in [0.4, 0.5) is 13.6 Å². The van der Waals surface area contributed by atoms with Crippen LogP contribution in [0.3, 0.4) is 0 Å². The van der Waals surface area contributed by atoms with Gasteiger partial charge in [-0.3, -0.25) is 0 Å². The van der Waals surface area contributed by atoms with Gasteiger partial charge in [0.1, 0.15) is 11.6 Å². The molecule has 4 rings (SSSR count). The zero-order chi connectivity index (χ0) is 18.3. The molecule has 9 heteroatoms. The molecule has 2 aromatic carbocycles. The summed E-state index contributed by atoms with van der Waals surface area (Å²) in [4.78, 5) is 26.5. The standard InChI is InChI=1S/C17H13F2N5O2/c18-13-2-1-3-15(9-13)23-17(26)24(21-20-23)16(25)22-7-6-11-8-14(19)5-4-12(11)10-22/h1-5,8-9H,6-7,10H2. The number of amides is 1. The number of halogens is 2. The van der Waals surface area contributed by atoms with E-state index in [0.29, 0.717) is 17.6 Å². The number of aromatic nitrogens is 4. The maximum absolute atomic E-state index is 13.3. The number of tetrazole rings is 1. The molecule has 0 N–H and O–H groups in total. The third kappa shape index (κ3) is 2.77. The van der Waals surface area contributed by atoms with Crippen LogP contribution in [-0.2, 0) is 13.0 Å². The van der Waals surface area contributed by atoms with E-state index in [9.17, 15) is 18.4 Å². The highest BCUT2D eigenvalue weighted by atomic mass is 19.1. The van der Waals surface area contributed by atoms with Crippen molar-refractivity contribution in [3.8, 4) is 5.69 Å². The molecule has 0 spiro atoms. The molecule has 0 bridgehead atoms. The van der Waals surface area contributed by atoms with Crippen molar-refractivity contribution in [1.29, 1.82) is 0 Å². The molecule has 7 nitrogen and oxygen atoms in total. The summed E-state index contributed by atoms with van der Waals surface area (Å²) < 4.78 is 28.1. The number of carbonyl (C=O) groups is 1. The van der Waals surface area contributed by atoms with Gasteiger partial charge in [0.2, 0.25) is 0 Å². The maximum atomic E-state index is 13.3. The molecule has 0 aliphatic carbocycles. The first-order valence-electron chi connectivity index (χ1n) is 7.90. The first-order chi connectivity index (χ1) is 12.5. The van der Waals surface area contributed by atoms with E-state index < -0.39 is 17.5 Å². The zero-order valence-electron chi connectivity index (χ0n) is 13.5. The van der Waals surface area contributed by atoms with Gasteiger partial charge in [-0.15, -0.1) is 4.68 Å². The van der Waals surface area contributed by atoms with Crippen LogP contribution in [0.15, 0.2) is 47.3 Å². The van der Waals surface area contributed by atoms with Gasteiger partial charge in [0.25, 0.3) is 0 Å². The summed E-state index contributed by atoms with van der Waals surface area (Å²) in [5.74, 6) is -0.854. The van der Waals surface area contributed by atoms with Gasteiger partial charge in [0.15, 0.2) is 0 Å². The monoisotopic (exact) mass is 357 g/mol. The predicted molar refractivity (Wildman–Crippen MR) is 86.9 cm³/mol. The molecule has 26 heavy (non-hydrogen) atoms. The van der Waals surface area contributed by atoms with Crippen LogP contribution >= 0.6 is 0 Å². The molecule has 0 saturated heterocycles. The van der Waals surface area contributed by atoms with Gasteiger partial charge < -0.3 is 4.90 Å². The second-order valence-electron chi connectivity index (χ2n) is 5.93. The topological polar surface area (TPSA) is 73.0 Å². The molecule has 132 valence electrons. The molecular weight excluding hydrogens is 344 g/mol. The largest absolute Gasteiger partial charge is 0.377 e. The van der Waals surface area contributed by atoms with Crippen LogP contribution in [0.2, 0.25) is 0 Å². The van der Waals surface area contributed by atoms with E-state index in [1.165, 1.54) is 35.2 Å². The fraction of sp³-hybridized carbons (Fsp3) is 0.176. The van der Waals surface area contributed by atoms with Crippen LogP contribution in [0.25, 0.3) is 5.69 Å². The Hall–Kier alpha value is -3.36. The molecule has 1 aliphatic heterocycles. The average molecular weight is 357 g/mol. The van der Waals surface area contributed by atoms with Crippen molar-refractivity contribution in [1.82, 2.24) is 24.7 Å². The van der Waals surface area contributed by atoms with Gasteiger partial charge >= 0.3 is 11.7 Å². The number of nitrogens with zero attached hydrogens (tertiary/aromatic N) is 5. The third-order valence-electron chi connectivity index (χ3n) is 4.27. The Bertz CT molecular complexity index is 1060. The Kier molecular flexibility index (Phi) is 3.83. The predicted octanol–water partition coefficient (Wildman–Crippen LogP) is 1.73. The molecule has 1 aliphatic rings. The van der Waals surface area contributed by atoms with Crippen molar-refractivity contribution in [2.24, 2.45) is 0 Å². The van der Waals surface area contributed by atoms with E-state index in [2.05, 4.69) is 10.4 Å². The Morgan fingerprint density at radius 1 is 1.00 bits per heavy atom. The van der Waals surface area contributed by atoms with Crippen molar-refractivity contribution < 1.29 is 13.6 Å². The average Bonchev–Trinajstić information content (AvgIpc) is 3.02. The van der Waals surface area contributed by atoms with Crippen molar-refractivity contribution in [3.05, 3.63) is 75.7 Å². The Balaban J connectivity index is 1.62. The van der Waals surface area contributed by atoms with E-state index >= 15 is 0 Å². The van der Waals surface area contributed by atoms with E-state index in [1.54, 1.807) is 6.07 Å². The first kappa shape index (κ1) is 16.1. The quantitative estimate of drug-likeness (QED) is 0.622. The number of fused-ring (bicyclic) bond motifs is 1. The van der Waals surface area contributed by atoms with Crippen LogP contribution in [0, 0.1) is 11.6 Å². The first-order valence-corrected chi connectivity index (χ1v) is 7.90. The van der Waals surface area contributed by atoms with Gasteiger partial charge in [-0.05, 0) is 58.3 Å². The molecule has 1 aromatic heterocycles. The summed E-state index contributed by atoms with van der Waals surface area (Å²) in [5, 5.41) is 7.26. The SMILES string of the molecule is O=C(N1CCc2cc(F)ccc2C1)n1nnn(-c2cccc(F)c2)c1=O. The summed E-state index contributed by atoms with van der Waals surface area (Å²) in [6.45, 7) is 0.572. The van der Waals surface area contributed by atoms with Gasteiger partial charge in [0.05, 0.1) is 5.69 Å². The molecule has 0 fully saturated rings. The minimum atomic E-state index is -0.787. The van der Waals surface area contributed by atoms with Gasteiger partial charge in [-0.2, -0.15) is 4.68 Å². The van der Waals surface area contributed by atoms with E-state index in [-0.39, 0.29) is 18.0 Å². The summed E-state index contributed by atoms with van der Waals surface area (Å²) in [6.07, 6.45) is 0.478. The van der Waals surface area contributed by atoms with Crippen molar-refractivity contribution in [2.75, 3.05) is 6.54 Å². The second kappa shape index (κ2) is 6.17. The molecule has 2 heterocycles. The Morgan fingerprint density at radius 3 is 2.62 bits per heavy atom. The van der Waals surface area contributed by atoms with E-state index in [0.717, 1.165) is 21.9 Å². The molecule has 0 saturated carbocycles. The lowest BCUT2D eigenvalue weighted by Crippen LogP contribution is -2.43. The lowest BCUT2D eigenvalue weighted by atomic mass is 10.00. The van der Waals surface area contributed by atoms with Gasteiger partial charge in [0, 0.05) is 13.1 Å². The number of rotatable bonds is 1. The molecule has 3 aromatic rings. The van der Waals surface area contributed by atoms with Crippen LogP contribution in [-0.4, -0.2) is 37.3 Å². The highest BCUT2D eigenvalue weighted by molar-refractivity contribution is 5.76. The molecule has 0 unspecified atom stereocenters. The summed E-state index contributed by atoms with van der Waals surface area (Å²) >= 11 is 0. The van der Waals surface area contributed by atoms with Crippen molar-refractivity contribution >= 4 is 6.03 Å². The molecule has 0 radical (unpaired) electrons. The van der Waals surface area contributed by atoms with Gasteiger partial charge in [-0.1, -0.05) is 12.1 Å². The number of hydrogen-bond acceptors (Lipinski definition) is 4. The zero-order valence-corrected chi connectivity index (χ0v) is 13.5. The van der Waals surface area contributed by atoms with E-state index in [1.807, 2.05) is 0 Å². The molecule has 1 amide bonds. The minimum Gasteiger partial charge on any atom is -0.318 e. The Morgan fingerprint density at radius 2 is 1.81 bits per heavy atom. The Labute approximate surface area is 146 Å². The highest BCUT2D eigenvalue weighted by Gasteiger charge is 2.25.